The zero-order valence-corrected chi connectivity index (χ0v) is 51.8. The quantitative estimate of drug-likeness (QED) is 0.0261. The van der Waals surface area contributed by atoms with Crippen LogP contribution in [0.4, 0.5) is 0 Å². The molecule has 0 aromatic rings. The molecule has 6 heteroatoms. The standard InChI is InChI=1S/C74H120O6/c1-4-7-10-13-16-19-22-25-27-28-29-30-31-32-33-34-35-36-37-38-39-40-41-42-43-44-45-46-48-49-52-55-58-61-64-67-73(76)79-70-71(69-78-72(75)66-63-60-57-54-51-24-21-18-15-12-9-6-3)80-74(77)68-65-62-59-56-53-50-47-26-23-20-17-14-11-8-5-2/h7,10,16-17,19-20,25-27,29-30,32-33,35-36,38-39,41-42,44-45,47-49,71H,4-6,8-9,11-15,18,21-24,28,31,34,37,40,43,46,50-70H2,1-3H3/b10-7-,19-16-,20-17-,27-25-,30-29-,33-32-,36-35-,39-38-,42-41-,45-44-,47-26-,49-48-. The molecule has 0 radical (unpaired) electrons. The van der Waals surface area contributed by atoms with Crippen molar-refractivity contribution in [3.05, 3.63) is 146 Å². The van der Waals surface area contributed by atoms with Gasteiger partial charge >= 0.3 is 17.9 Å². The van der Waals surface area contributed by atoms with E-state index in [-0.39, 0.29) is 31.1 Å². The SMILES string of the molecule is CC/C=C\C/C=C\C/C=C\C/C=C\C/C=C\C/C=C\C/C=C\C/C=C\C/C=C\C/C=C\CCCCCCC(=O)OCC(COC(=O)CCCCCCCCCCCCCC)OC(=O)CCCCCCC/C=C\C/C=C\CCCCC. The molecule has 80 heavy (non-hydrogen) atoms. The maximum Gasteiger partial charge on any atom is 0.306 e. The molecule has 452 valence electrons. The molecule has 0 fully saturated rings. The average Bonchev–Trinajstić information content (AvgIpc) is 3.46. The third-order valence-electron chi connectivity index (χ3n) is 13.6. The average molecular weight is 1110 g/mol. The van der Waals surface area contributed by atoms with E-state index in [4.69, 9.17) is 14.2 Å². The Hall–Kier alpha value is -4.71. The minimum absolute atomic E-state index is 0.0935. The zero-order valence-electron chi connectivity index (χ0n) is 51.8. The van der Waals surface area contributed by atoms with E-state index in [2.05, 4.69) is 167 Å². The maximum atomic E-state index is 12.9. The molecule has 0 N–H and O–H groups in total. The molecule has 0 amide bonds. The van der Waals surface area contributed by atoms with E-state index in [0.29, 0.717) is 19.3 Å². The number of unbranched alkanes of at least 4 members (excludes halogenated alkanes) is 23. The summed E-state index contributed by atoms with van der Waals surface area (Å²) in [7, 11) is 0. The highest BCUT2D eigenvalue weighted by Gasteiger charge is 2.19. The van der Waals surface area contributed by atoms with E-state index < -0.39 is 6.10 Å². The number of carbonyl (C=O) groups excluding carboxylic acids is 3. The van der Waals surface area contributed by atoms with Gasteiger partial charge in [0.2, 0.25) is 0 Å². The van der Waals surface area contributed by atoms with Crippen molar-refractivity contribution >= 4 is 17.9 Å². The summed E-state index contributed by atoms with van der Waals surface area (Å²) in [5.41, 5.74) is 0. The fraction of sp³-hybridized carbons (Fsp3) is 0.635. The first-order valence-electron chi connectivity index (χ1n) is 32.8. The summed E-state index contributed by atoms with van der Waals surface area (Å²) in [4.78, 5) is 38.2. The predicted molar refractivity (Wildman–Crippen MR) is 348 cm³/mol. The molecule has 0 aromatic heterocycles. The van der Waals surface area contributed by atoms with E-state index >= 15 is 0 Å². The van der Waals surface area contributed by atoms with Gasteiger partial charge in [-0.2, -0.15) is 0 Å². The second-order valence-corrected chi connectivity index (χ2v) is 21.3. The predicted octanol–water partition coefficient (Wildman–Crippen LogP) is 22.7. The lowest BCUT2D eigenvalue weighted by atomic mass is 10.0. The van der Waals surface area contributed by atoms with Gasteiger partial charge in [-0.15, -0.1) is 0 Å². The lowest BCUT2D eigenvalue weighted by Gasteiger charge is -2.18. The first-order valence-corrected chi connectivity index (χ1v) is 32.8. The Balaban J connectivity index is 4.31. The van der Waals surface area contributed by atoms with Crippen LogP contribution >= 0.6 is 0 Å². The summed E-state index contributed by atoms with van der Waals surface area (Å²) >= 11 is 0. The van der Waals surface area contributed by atoms with Crippen molar-refractivity contribution in [3.63, 3.8) is 0 Å². The minimum Gasteiger partial charge on any atom is -0.462 e. The maximum absolute atomic E-state index is 12.9. The number of hydrogen-bond acceptors (Lipinski definition) is 6. The summed E-state index contributed by atoms with van der Waals surface area (Å²) in [5.74, 6) is -0.933. The van der Waals surface area contributed by atoms with Gasteiger partial charge in [0.1, 0.15) is 13.2 Å². The fourth-order valence-electron chi connectivity index (χ4n) is 8.68. The molecule has 1 unspecified atom stereocenters. The summed E-state index contributed by atoms with van der Waals surface area (Å²) < 4.78 is 16.9. The van der Waals surface area contributed by atoms with Gasteiger partial charge in [-0.05, 0) is 128 Å². The Kier molecular flexibility index (Phi) is 62.9. The first-order chi connectivity index (χ1) is 39.5. The molecule has 6 nitrogen and oxygen atoms in total. The number of allylic oxidation sites excluding steroid dienone is 24. The molecule has 0 aliphatic heterocycles. The molecule has 0 spiro atoms. The molecular formula is C74H120O6. The number of hydrogen-bond donors (Lipinski definition) is 0. The van der Waals surface area contributed by atoms with Crippen molar-refractivity contribution < 1.29 is 28.6 Å². The Morgan fingerprint density at radius 1 is 0.263 bits per heavy atom. The molecule has 0 saturated carbocycles. The van der Waals surface area contributed by atoms with Crippen molar-refractivity contribution in [1.29, 1.82) is 0 Å². The summed E-state index contributed by atoms with van der Waals surface area (Å²) in [6.45, 7) is 6.47. The van der Waals surface area contributed by atoms with Crippen LogP contribution in [0.2, 0.25) is 0 Å². The van der Waals surface area contributed by atoms with Crippen LogP contribution in [-0.2, 0) is 28.6 Å². The lowest BCUT2D eigenvalue weighted by molar-refractivity contribution is -0.167. The van der Waals surface area contributed by atoms with Crippen LogP contribution in [0.3, 0.4) is 0 Å². The van der Waals surface area contributed by atoms with E-state index in [1.54, 1.807) is 0 Å². The molecule has 0 rings (SSSR count). The van der Waals surface area contributed by atoms with Gasteiger partial charge in [-0.25, -0.2) is 0 Å². The lowest BCUT2D eigenvalue weighted by Crippen LogP contribution is -2.30. The summed E-state index contributed by atoms with van der Waals surface area (Å²) in [5, 5.41) is 0. The molecule has 1 atom stereocenters. The van der Waals surface area contributed by atoms with Crippen LogP contribution in [0.25, 0.3) is 0 Å². The zero-order chi connectivity index (χ0) is 57.8. The van der Waals surface area contributed by atoms with E-state index in [1.807, 2.05) is 0 Å². The Morgan fingerprint density at radius 3 is 0.787 bits per heavy atom. The molecule has 0 aromatic carbocycles. The van der Waals surface area contributed by atoms with Crippen LogP contribution < -0.4 is 0 Å². The molecule has 0 bridgehead atoms. The third-order valence-corrected chi connectivity index (χ3v) is 13.6. The van der Waals surface area contributed by atoms with Gasteiger partial charge in [0, 0.05) is 19.3 Å². The highest BCUT2D eigenvalue weighted by molar-refractivity contribution is 5.71. The highest BCUT2D eigenvalue weighted by atomic mass is 16.6. The van der Waals surface area contributed by atoms with Gasteiger partial charge in [-0.3, -0.25) is 14.4 Å². The summed E-state index contributed by atoms with van der Waals surface area (Å²) in [6, 6.07) is 0. The van der Waals surface area contributed by atoms with Crippen molar-refractivity contribution in [3.8, 4) is 0 Å². The van der Waals surface area contributed by atoms with Crippen molar-refractivity contribution in [2.45, 2.75) is 290 Å². The molecule has 0 aliphatic carbocycles. The molecule has 0 saturated heterocycles. The number of esters is 3. The summed E-state index contributed by atoms with van der Waals surface area (Å²) in [6.07, 6.45) is 95.7. The van der Waals surface area contributed by atoms with E-state index in [9.17, 15) is 14.4 Å². The largest absolute Gasteiger partial charge is 0.462 e. The molecular weight excluding hydrogens is 985 g/mol. The first kappa shape index (κ1) is 75.3. The number of carbonyl (C=O) groups is 3. The normalized spacial score (nSPS) is 13.1. The second-order valence-electron chi connectivity index (χ2n) is 21.3. The minimum atomic E-state index is -0.800. The number of ether oxygens (including phenoxy) is 3. The van der Waals surface area contributed by atoms with Crippen molar-refractivity contribution in [1.82, 2.24) is 0 Å². The monoisotopic (exact) mass is 1100 g/mol. The Bertz CT molecular complexity index is 1750. The molecule has 0 heterocycles. The van der Waals surface area contributed by atoms with E-state index in [0.717, 1.165) is 161 Å². The third kappa shape index (κ3) is 64.1. The number of rotatable bonds is 58. The second kappa shape index (κ2) is 66.8. The topological polar surface area (TPSA) is 78.9 Å². The highest BCUT2D eigenvalue weighted by Crippen LogP contribution is 2.15. The van der Waals surface area contributed by atoms with Crippen LogP contribution in [0.1, 0.15) is 284 Å². The van der Waals surface area contributed by atoms with Gasteiger partial charge in [-0.1, -0.05) is 282 Å². The van der Waals surface area contributed by atoms with Crippen LogP contribution in [-0.4, -0.2) is 37.2 Å². The van der Waals surface area contributed by atoms with Crippen LogP contribution in [0.5, 0.6) is 0 Å². The van der Waals surface area contributed by atoms with Crippen molar-refractivity contribution in [2.75, 3.05) is 13.2 Å². The Morgan fingerprint density at radius 2 is 0.487 bits per heavy atom. The molecule has 0 aliphatic rings. The van der Waals surface area contributed by atoms with Crippen LogP contribution in [0, 0.1) is 0 Å². The van der Waals surface area contributed by atoms with Gasteiger partial charge in [0.25, 0.3) is 0 Å². The van der Waals surface area contributed by atoms with Gasteiger partial charge in [0.05, 0.1) is 0 Å². The van der Waals surface area contributed by atoms with Gasteiger partial charge in [0.15, 0.2) is 6.10 Å². The van der Waals surface area contributed by atoms with Gasteiger partial charge < -0.3 is 14.2 Å². The smallest absolute Gasteiger partial charge is 0.306 e. The van der Waals surface area contributed by atoms with Crippen LogP contribution in [0.15, 0.2) is 146 Å². The fourth-order valence-corrected chi connectivity index (χ4v) is 8.68. The van der Waals surface area contributed by atoms with Crippen molar-refractivity contribution in [2.24, 2.45) is 0 Å². The Labute approximate surface area is 493 Å². The van der Waals surface area contributed by atoms with E-state index in [1.165, 1.54) is 83.5 Å².